The van der Waals surface area contributed by atoms with Crippen LogP contribution in [0.3, 0.4) is 0 Å². The summed E-state index contributed by atoms with van der Waals surface area (Å²) in [6.07, 6.45) is 8.64. The maximum Gasteiger partial charge on any atom is 0.124 e. The summed E-state index contributed by atoms with van der Waals surface area (Å²) in [6, 6.07) is 0. The minimum atomic E-state index is -0.690. The molecule has 0 saturated heterocycles. The Labute approximate surface area is 114 Å². The monoisotopic (exact) mass is 268 g/mol. The summed E-state index contributed by atoms with van der Waals surface area (Å²) in [5.41, 5.74) is 1.36. The molecule has 19 heavy (non-hydrogen) atoms. The van der Waals surface area contributed by atoms with Crippen molar-refractivity contribution >= 4 is 6.29 Å². The zero-order valence-corrected chi connectivity index (χ0v) is 11.3. The maximum absolute atomic E-state index is 10.6. The summed E-state index contributed by atoms with van der Waals surface area (Å²) in [5.74, 6) is 0. The van der Waals surface area contributed by atoms with Gasteiger partial charge in [-0.05, 0) is 30.4 Å². The summed E-state index contributed by atoms with van der Waals surface area (Å²) >= 11 is 0. The zero-order valence-electron chi connectivity index (χ0n) is 11.3. The molecule has 0 unspecified atom stereocenters. The third kappa shape index (κ3) is 5.27. The second-order valence-electron chi connectivity index (χ2n) is 4.95. The molecule has 2 atom stereocenters. The molecule has 4 nitrogen and oxygen atoms in total. The van der Waals surface area contributed by atoms with Crippen LogP contribution in [0.1, 0.15) is 44.9 Å². The van der Waals surface area contributed by atoms with Gasteiger partial charge in [-0.3, -0.25) is 0 Å². The summed E-state index contributed by atoms with van der Waals surface area (Å²) in [7, 11) is 0. The van der Waals surface area contributed by atoms with Crippen LogP contribution in [0.25, 0.3) is 0 Å². The van der Waals surface area contributed by atoms with Gasteiger partial charge in [0.15, 0.2) is 0 Å². The van der Waals surface area contributed by atoms with Gasteiger partial charge in [-0.2, -0.15) is 0 Å². The molecule has 0 bridgehead atoms. The molecule has 0 aromatic carbocycles. The molecule has 0 spiro atoms. The fourth-order valence-corrected chi connectivity index (χ4v) is 2.39. The van der Waals surface area contributed by atoms with Crippen molar-refractivity contribution < 1.29 is 20.1 Å². The average molecular weight is 268 g/mol. The van der Waals surface area contributed by atoms with Crippen LogP contribution >= 0.6 is 0 Å². The van der Waals surface area contributed by atoms with Gasteiger partial charge in [-0.1, -0.05) is 25.0 Å². The number of hydrogen-bond acceptors (Lipinski definition) is 4. The normalized spacial score (nSPS) is 23.5. The third-order valence-corrected chi connectivity index (χ3v) is 3.46. The van der Waals surface area contributed by atoms with E-state index < -0.39 is 12.2 Å². The van der Waals surface area contributed by atoms with Crippen LogP contribution in [0, 0.1) is 0 Å². The summed E-state index contributed by atoms with van der Waals surface area (Å²) < 4.78 is 0. The largest absolute Gasteiger partial charge is 0.396 e. The van der Waals surface area contributed by atoms with Gasteiger partial charge >= 0.3 is 0 Å². The van der Waals surface area contributed by atoms with E-state index in [1.54, 1.807) is 0 Å². The van der Waals surface area contributed by atoms with Crippen LogP contribution in [-0.2, 0) is 4.79 Å². The van der Waals surface area contributed by atoms with E-state index in [1.165, 1.54) is 0 Å². The smallest absolute Gasteiger partial charge is 0.124 e. The zero-order chi connectivity index (χ0) is 14.1. The average Bonchev–Trinajstić information content (AvgIpc) is 2.64. The predicted molar refractivity (Wildman–Crippen MR) is 73.6 cm³/mol. The first-order valence-corrected chi connectivity index (χ1v) is 7.00. The standard InChI is InChI=1S/C15H24O4/c16-9-6-4-2-1-3-5-7-12-13(8-10-17)15(19)11-14(12)18/h5,7,10,14-16,18-19H,1-4,6,8-9,11H2/t14-,15+/m1/s1. The van der Waals surface area contributed by atoms with Gasteiger partial charge in [0.1, 0.15) is 6.29 Å². The van der Waals surface area contributed by atoms with Crippen molar-refractivity contribution in [1.82, 2.24) is 0 Å². The number of aliphatic hydroxyl groups excluding tert-OH is 3. The van der Waals surface area contributed by atoms with Crippen LogP contribution in [0.4, 0.5) is 0 Å². The van der Waals surface area contributed by atoms with Crippen LogP contribution in [-0.4, -0.2) is 40.4 Å². The lowest BCUT2D eigenvalue weighted by Gasteiger charge is -2.04. The summed E-state index contributed by atoms with van der Waals surface area (Å²) in [4.78, 5) is 10.6. The van der Waals surface area contributed by atoms with E-state index in [1.807, 2.05) is 12.2 Å². The molecule has 4 heteroatoms. The Balaban J connectivity index is 2.41. The highest BCUT2D eigenvalue weighted by atomic mass is 16.3. The van der Waals surface area contributed by atoms with Gasteiger partial charge in [0.05, 0.1) is 12.2 Å². The first kappa shape index (κ1) is 16.1. The number of hydrogen-bond donors (Lipinski definition) is 3. The molecular formula is C15H24O4. The molecule has 0 aromatic heterocycles. The SMILES string of the molecule is O=CCC1=C(C=CCCCCCCO)[C@H](O)C[C@@H]1O. The number of allylic oxidation sites excluding steroid dienone is 1. The third-order valence-electron chi connectivity index (χ3n) is 3.46. The van der Waals surface area contributed by atoms with E-state index in [0.29, 0.717) is 17.6 Å². The lowest BCUT2D eigenvalue weighted by Crippen LogP contribution is -2.08. The Morgan fingerprint density at radius 3 is 2.53 bits per heavy atom. The van der Waals surface area contributed by atoms with Crippen LogP contribution < -0.4 is 0 Å². The maximum atomic E-state index is 10.6. The van der Waals surface area contributed by atoms with Crippen molar-refractivity contribution in [1.29, 1.82) is 0 Å². The molecule has 1 rings (SSSR count). The van der Waals surface area contributed by atoms with Gasteiger partial charge in [0.2, 0.25) is 0 Å². The van der Waals surface area contributed by atoms with Gasteiger partial charge in [0.25, 0.3) is 0 Å². The van der Waals surface area contributed by atoms with Crippen LogP contribution in [0.15, 0.2) is 23.3 Å². The van der Waals surface area contributed by atoms with Crippen LogP contribution in [0.5, 0.6) is 0 Å². The Hall–Kier alpha value is -0.970. The van der Waals surface area contributed by atoms with Gasteiger partial charge in [0, 0.05) is 19.4 Å². The molecular weight excluding hydrogens is 244 g/mol. The van der Waals surface area contributed by atoms with E-state index in [2.05, 4.69) is 0 Å². The molecule has 0 aromatic rings. The van der Waals surface area contributed by atoms with E-state index in [-0.39, 0.29) is 13.0 Å². The lowest BCUT2D eigenvalue weighted by atomic mass is 10.1. The Morgan fingerprint density at radius 1 is 1.11 bits per heavy atom. The molecule has 3 N–H and O–H groups in total. The van der Waals surface area contributed by atoms with Crippen molar-refractivity contribution in [2.24, 2.45) is 0 Å². The molecule has 0 fully saturated rings. The molecule has 0 radical (unpaired) electrons. The number of aldehydes is 1. The Kier molecular flexibility index (Phi) is 7.63. The second kappa shape index (κ2) is 9.02. The number of carbonyl (C=O) groups excluding carboxylic acids is 1. The first-order valence-electron chi connectivity index (χ1n) is 7.00. The molecule has 0 amide bonds. The van der Waals surface area contributed by atoms with Crippen molar-refractivity contribution in [3.05, 3.63) is 23.3 Å². The van der Waals surface area contributed by atoms with E-state index in [4.69, 9.17) is 5.11 Å². The van der Waals surface area contributed by atoms with Gasteiger partial charge in [-0.25, -0.2) is 0 Å². The van der Waals surface area contributed by atoms with Crippen molar-refractivity contribution in [2.75, 3.05) is 6.61 Å². The van der Waals surface area contributed by atoms with E-state index in [9.17, 15) is 15.0 Å². The minimum absolute atomic E-state index is 0.189. The molecule has 108 valence electrons. The summed E-state index contributed by atoms with van der Waals surface area (Å²) in [6.45, 7) is 0.252. The lowest BCUT2D eigenvalue weighted by molar-refractivity contribution is -0.107. The number of unbranched alkanes of at least 4 members (excludes halogenated alkanes) is 4. The number of rotatable bonds is 9. The molecule has 1 aliphatic carbocycles. The van der Waals surface area contributed by atoms with Crippen molar-refractivity contribution in [3.8, 4) is 0 Å². The highest BCUT2D eigenvalue weighted by molar-refractivity contribution is 5.57. The van der Waals surface area contributed by atoms with Crippen LogP contribution in [0.2, 0.25) is 0 Å². The molecule has 0 heterocycles. The van der Waals surface area contributed by atoms with Gasteiger partial charge < -0.3 is 20.1 Å². The fraction of sp³-hybridized carbons (Fsp3) is 0.667. The van der Waals surface area contributed by atoms with Crippen molar-refractivity contribution in [3.63, 3.8) is 0 Å². The van der Waals surface area contributed by atoms with E-state index >= 15 is 0 Å². The predicted octanol–water partition coefficient (Wildman–Crippen LogP) is 1.50. The van der Waals surface area contributed by atoms with E-state index in [0.717, 1.165) is 38.4 Å². The van der Waals surface area contributed by atoms with Crippen molar-refractivity contribution in [2.45, 2.75) is 57.2 Å². The molecule has 0 saturated carbocycles. The second-order valence-corrected chi connectivity index (χ2v) is 4.95. The highest BCUT2D eigenvalue weighted by Crippen LogP contribution is 2.29. The molecule has 1 aliphatic rings. The fourth-order valence-electron chi connectivity index (χ4n) is 2.39. The first-order chi connectivity index (χ1) is 9.20. The minimum Gasteiger partial charge on any atom is -0.396 e. The topological polar surface area (TPSA) is 77.8 Å². The number of aliphatic hydroxyl groups is 3. The summed E-state index contributed by atoms with van der Waals surface area (Å²) in [5, 5.41) is 28.2. The Morgan fingerprint density at radius 2 is 1.84 bits per heavy atom. The Bertz CT molecular complexity index is 333. The number of carbonyl (C=O) groups is 1. The highest BCUT2D eigenvalue weighted by Gasteiger charge is 2.28. The quantitative estimate of drug-likeness (QED) is 0.437. The van der Waals surface area contributed by atoms with Gasteiger partial charge in [-0.15, -0.1) is 0 Å². The molecule has 0 aliphatic heterocycles.